The Bertz CT molecular complexity index is 272. The molecule has 1 aromatic carbocycles. The number of hydrogen-bond donors (Lipinski definition) is 1. The highest BCUT2D eigenvalue weighted by molar-refractivity contribution is 5.26. The van der Waals surface area contributed by atoms with Gasteiger partial charge < -0.3 is 5.11 Å². The van der Waals surface area contributed by atoms with Crippen LogP contribution in [-0.4, -0.2) is 5.11 Å². The second-order valence-corrected chi connectivity index (χ2v) is 2.82. The first-order chi connectivity index (χ1) is 5.52. The molecule has 0 aromatic heterocycles. The normalized spacial score (nSPS) is 13.1. The van der Waals surface area contributed by atoms with Crippen LogP contribution >= 0.6 is 0 Å². The summed E-state index contributed by atoms with van der Waals surface area (Å²) in [6.45, 7) is 2.93. The van der Waals surface area contributed by atoms with Gasteiger partial charge in [-0.3, -0.25) is 0 Å². The van der Waals surface area contributed by atoms with Crippen LogP contribution in [0.3, 0.4) is 0 Å². The predicted molar refractivity (Wildman–Crippen MR) is 41.7 cm³/mol. The topological polar surface area (TPSA) is 20.2 Å². The molecule has 1 nitrogen and oxygen atoms in total. The van der Waals surface area contributed by atoms with Gasteiger partial charge in [0.1, 0.15) is 11.6 Å². The average Bonchev–Trinajstić information content (AvgIpc) is 1.82. The SMILES string of the molecule is Cc1cc(F)c(C(C)O)c(F)c1. The fourth-order valence-electron chi connectivity index (χ4n) is 1.11. The monoisotopic (exact) mass is 172 g/mol. The highest BCUT2D eigenvalue weighted by Gasteiger charge is 2.13. The number of aryl methyl sites for hydroxylation is 1. The smallest absolute Gasteiger partial charge is 0.132 e. The van der Waals surface area contributed by atoms with Crippen molar-refractivity contribution >= 4 is 0 Å². The van der Waals surface area contributed by atoms with Gasteiger partial charge >= 0.3 is 0 Å². The van der Waals surface area contributed by atoms with Crippen molar-refractivity contribution in [1.29, 1.82) is 0 Å². The van der Waals surface area contributed by atoms with Gasteiger partial charge in [-0.25, -0.2) is 8.78 Å². The summed E-state index contributed by atoms with van der Waals surface area (Å²) >= 11 is 0. The number of aliphatic hydroxyl groups is 1. The van der Waals surface area contributed by atoms with Crippen LogP contribution < -0.4 is 0 Å². The minimum absolute atomic E-state index is 0.263. The van der Waals surface area contributed by atoms with E-state index in [1.807, 2.05) is 0 Å². The number of rotatable bonds is 1. The van der Waals surface area contributed by atoms with Crippen molar-refractivity contribution in [3.8, 4) is 0 Å². The molecule has 0 aliphatic heterocycles. The van der Waals surface area contributed by atoms with Crippen molar-refractivity contribution in [1.82, 2.24) is 0 Å². The van der Waals surface area contributed by atoms with E-state index in [9.17, 15) is 8.78 Å². The first-order valence-electron chi connectivity index (χ1n) is 3.66. The maximum absolute atomic E-state index is 13.0. The average molecular weight is 172 g/mol. The molecule has 0 bridgehead atoms. The fraction of sp³-hybridized carbons (Fsp3) is 0.333. The molecule has 0 aliphatic rings. The molecular formula is C9H10F2O. The summed E-state index contributed by atoms with van der Waals surface area (Å²) in [5.74, 6) is -1.38. The van der Waals surface area contributed by atoms with Crippen LogP contribution in [0, 0.1) is 18.6 Å². The minimum Gasteiger partial charge on any atom is -0.388 e. The number of aliphatic hydroxyl groups excluding tert-OH is 1. The van der Waals surface area contributed by atoms with Crippen LogP contribution in [0.25, 0.3) is 0 Å². The van der Waals surface area contributed by atoms with Gasteiger partial charge in [-0.15, -0.1) is 0 Å². The lowest BCUT2D eigenvalue weighted by Gasteiger charge is -2.07. The third kappa shape index (κ3) is 1.61. The Kier molecular flexibility index (Phi) is 2.43. The Morgan fingerprint density at radius 1 is 1.25 bits per heavy atom. The van der Waals surface area contributed by atoms with Crippen molar-refractivity contribution in [2.24, 2.45) is 0 Å². The Labute approximate surface area is 69.7 Å². The van der Waals surface area contributed by atoms with Crippen LogP contribution in [0.4, 0.5) is 8.78 Å². The van der Waals surface area contributed by atoms with Crippen molar-refractivity contribution in [3.05, 3.63) is 34.9 Å². The van der Waals surface area contributed by atoms with E-state index in [0.29, 0.717) is 5.56 Å². The molecule has 0 amide bonds. The van der Waals surface area contributed by atoms with Gasteiger partial charge in [-0.05, 0) is 31.5 Å². The van der Waals surface area contributed by atoms with Gasteiger partial charge in [0.15, 0.2) is 0 Å². The zero-order valence-corrected chi connectivity index (χ0v) is 6.94. The molecule has 0 spiro atoms. The molecule has 1 N–H and O–H groups in total. The van der Waals surface area contributed by atoms with Crippen molar-refractivity contribution < 1.29 is 13.9 Å². The maximum atomic E-state index is 13.0. The van der Waals surface area contributed by atoms with Gasteiger partial charge in [0.25, 0.3) is 0 Å². The summed E-state index contributed by atoms with van der Waals surface area (Å²) in [6.07, 6.45) is -1.11. The molecule has 0 aliphatic carbocycles. The molecule has 1 rings (SSSR count). The van der Waals surface area contributed by atoms with Crippen LogP contribution in [0.2, 0.25) is 0 Å². The lowest BCUT2D eigenvalue weighted by Crippen LogP contribution is -2.00. The number of halogens is 2. The van der Waals surface area contributed by atoms with E-state index in [0.717, 1.165) is 0 Å². The van der Waals surface area contributed by atoms with E-state index < -0.39 is 17.7 Å². The van der Waals surface area contributed by atoms with Gasteiger partial charge in [0.05, 0.1) is 11.7 Å². The van der Waals surface area contributed by atoms with Crippen LogP contribution in [-0.2, 0) is 0 Å². The van der Waals surface area contributed by atoms with Crippen LogP contribution in [0.5, 0.6) is 0 Å². The largest absolute Gasteiger partial charge is 0.388 e. The Hall–Kier alpha value is -0.960. The second kappa shape index (κ2) is 3.19. The predicted octanol–water partition coefficient (Wildman–Crippen LogP) is 2.33. The van der Waals surface area contributed by atoms with Gasteiger partial charge in [-0.2, -0.15) is 0 Å². The quantitative estimate of drug-likeness (QED) is 0.689. The molecular weight excluding hydrogens is 162 g/mol. The summed E-state index contributed by atoms with van der Waals surface area (Å²) in [6, 6.07) is 2.40. The van der Waals surface area contributed by atoms with Crippen molar-refractivity contribution in [2.45, 2.75) is 20.0 Å². The Morgan fingerprint density at radius 2 is 1.67 bits per heavy atom. The number of hydrogen-bond acceptors (Lipinski definition) is 1. The molecule has 0 saturated carbocycles. The lowest BCUT2D eigenvalue weighted by molar-refractivity contribution is 0.188. The highest BCUT2D eigenvalue weighted by atomic mass is 19.1. The lowest BCUT2D eigenvalue weighted by atomic mass is 10.1. The molecule has 1 unspecified atom stereocenters. The third-order valence-corrected chi connectivity index (χ3v) is 1.64. The summed E-state index contributed by atoms with van der Waals surface area (Å²) in [5.41, 5.74) is 0.245. The molecule has 0 saturated heterocycles. The van der Waals surface area contributed by atoms with Crippen LogP contribution in [0.15, 0.2) is 12.1 Å². The maximum Gasteiger partial charge on any atom is 0.132 e. The summed E-state index contributed by atoms with van der Waals surface area (Å²) in [7, 11) is 0. The first kappa shape index (κ1) is 9.13. The summed E-state index contributed by atoms with van der Waals surface area (Å²) < 4.78 is 25.9. The molecule has 1 atom stereocenters. The van der Waals surface area contributed by atoms with Gasteiger partial charge in [-0.1, -0.05) is 0 Å². The minimum atomic E-state index is -1.11. The molecule has 0 radical (unpaired) electrons. The van der Waals surface area contributed by atoms with E-state index >= 15 is 0 Å². The molecule has 12 heavy (non-hydrogen) atoms. The summed E-state index contributed by atoms with van der Waals surface area (Å²) in [5, 5.41) is 9.00. The standard InChI is InChI=1S/C9H10F2O/c1-5-3-7(10)9(6(2)12)8(11)4-5/h3-4,6,12H,1-2H3. The molecule has 0 heterocycles. The summed E-state index contributed by atoms with van der Waals surface area (Å²) in [4.78, 5) is 0. The van der Waals surface area contributed by atoms with E-state index in [2.05, 4.69) is 0 Å². The van der Waals surface area contributed by atoms with Crippen molar-refractivity contribution in [3.63, 3.8) is 0 Å². The highest BCUT2D eigenvalue weighted by Crippen LogP contribution is 2.21. The molecule has 66 valence electrons. The Balaban J connectivity index is 3.28. The molecule has 1 aromatic rings. The first-order valence-corrected chi connectivity index (χ1v) is 3.66. The fourth-order valence-corrected chi connectivity index (χ4v) is 1.11. The van der Waals surface area contributed by atoms with E-state index in [1.54, 1.807) is 6.92 Å². The molecule has 0 fully saturated rings. The van der Waals surface area contributed by atoms with Crippen LogP contribution in [0.1, 0.15) is 24.2 Å². The number of benzene rings is 1. The Morgan fingerprint density at radius 3 is 2.00 bits per heavy atom. The third-order valence-electron chi connectivity index (χ3n) is 1.64. The zero-order valence-electron chi connectivity index (χ0n) is 6.94. The van der Waals surface area contributed by atoms with E-state index in [4.69, 9.17) is 5.11 Å². The van der Waals surface area contributed by atoms with Crippen molar-refractivity contribution in [2.75, 3.05) is 0 Å². The second-order valence-electron chi connectivity index (χ2n) is 2.82. The van der Waals surface area contributed by atoms with E-state index in [1.165, 1.54) is 19.1 Å². The van der Waals surface area contributed by atoms with Gasteiger partial charge in [0.2, 0.25) is 0 Å². The van der Waals surface area contributed by atoms with E-state index in [-0.39, 0.29) is 5.56 Å². The van der Waals surface area contributed by atoms with Gasteiger partial charge in [0, 0.05) is 0 Å². The molecule has 3 heteroatoms. The zero-order chi connectivity index (χ0) is 9.30.